The zero-order valence-corrected chi connectivity index (χ0v) is 24.2. The number of benzene rings is 4. The van der Waals surface area contributed by atoms with Crippen molar-refractivity contribution in [1.82, 2.24) is 10.4 Å². The number of nitrogens with one attached hydrogen (secondary N) is 2. The van der Waals surface area contributed by atoms with Gasteiger partial charge in [0.1, 0.15) is 11.8 Å². The van der Waals surface area contributed by atoms with E-state index < -0.39 is 23.6 Å². The minimum atomic E-state index is -4.62. The number of hydrogen-bond donors (Lipinski definition) is 2. The SMILES string of the molecule is CCOc1cc(C=NNC(=O)c2[nH]c3c(C#N)cccc3c2-c2ccccc2Cl)ccc1OC(=O)c1cccc(C(F)(F)F)c1. The molecule has 0 aliphatic rings. The molecule has 0 aliphatic heterocycles. The van der Waals surface area contributed by atoms with Gasteiger partial charge in [-0.05, 0) is 61.0 Å². The second kappa shape index (κ2) is 13.0. The molecule has 2 N–H and O–H groups in total. The number of amides is 1. The fourth-order valence-electron chi connectivity index (χ4n) is 4.58. The molecule has 0 saturated heterocycles. The zero-order chi connectivity index (χ0) is 32.1. The summed E-state index contributed by atoms with van der Waals surface area (Å²) < 4.78 is 50.1. The molecule has 0 atom stereocenters. The van der Waals surface area contributed by atoms with Crippen molar-refractivity contribution in [3.63, 3.8) is 0 Å². The van der Waals surface area contributed by atoms with E-state index in [1.165, 1.54) is 30.5 Å². The summed E-state index contributed by atoms with van der Waals surface area (Å²) in [6.07, 6.45) is -3.29. The Balaban J connectivity index is 1.38. The molecule has 0 radical (unpaired) electrons. The summed E-state index contributed by atoms with van der Waals surface area (Å²) >= 11 is 6.47. The first kappa shape index (κ1) is 30.8. The average molecular weight is 631 g/mol. The summed E-state index contributed by atoms with van der Waals surface area (Å²) in [5.74, 6) is -1.48. The predicted octanol–water partition coefficient (Wildman–Crippen LogP) is 7.76. The topological polar surface area (TPSA) is 117 Å². The minimum Gasteiger partial charge on any atom is -0.490 e. The van der Waals surface area contributed by atoms with E-state index in [0.29, 0.717) is 44.2 Å². The van der Waals surface area contributed by atoms with Crippen molar-refractivity contribution in [1.29, 1.82) is 5.26 Å². The third kappa shape index (κ3) is 6.66. The van der Waals surface area contributed by atoms with Crippen LogP contribution in [0.3, 0.4) is 0 Å². The number of aromatic amines is 1. The molecule has 4 aromatic carbocycles. The molecule has 12 heteroatoms. The fourth-order valence-corrected chi connectivity index (χ4v) is 4.82. The van der Waals surface area contributed by atoms with Gasteiger partial charge in [0.15, 0.2) is 11.5 Å². The van der Waals surface area contributed by atoms with Crippen molar-refractivity contribution in [2.24, 2.45) is 5.10 Å². The van der Waals surface area contributed by atoms with Crippen LogP contribution in [0.15, 0.2) is 90.0 Å². The molecule has 5 aromatic rings. The minimum absolute atomic E-state index is 0.0174. The Bertz CT molecular complexity index is 2000. The molecule has 1 heterocycles. The van der Waals surface area contributed by atoms with Gasteiger partial charge in [0.2, 0.25) is 0 Å². The van der Waals surface area contributed by atoms with Gasteiger partial charge in [-0.25, -0.2) is 10.2 Å². The molecule has 0 spiro atoms. The Morgan fingerprint density at radius 2 is 1.80 bits per heavy atom. The van der Waals surface area contributed by atoms with E-state index in [1.54, 1.807) is 49.4 Å². The molecular weight excluding hydrogens is 609 g/mol. The summed E-state index contributed by atoms with van der Waals surface area (Å²) in [6.45, 7) is 1.90. The number of para-hydroxylation sites is 1. The third-order valence-corrected chi connectivity index (χ3v) is 6.93. The number of rotatable bonds is 8. The fraction of sp³-hybridized carbons (Fsp3) is 0.0909. The molecule has 0 fully saturated rings. The highest BCUT2D eigenvalue weighted by Gasteiger charge is 2.31. The van der Waals surface area contributed by atoms with Crippen LogP contribution in [0.1, 0.15) is 44.5 Å². The molecule has 0 bridgehead atoms. The quantitative estimate of drug-likeness (QED) is 0.0787. The molecule has 0 saturated carbocycles. The summed E-state index contributed by atoms with van der Waals surface area (Å²) in [7, 11) is 0. The summed E-state index contributed by atoms with van der Waals surface area (Å²) in [5.41, 5.74) is 3.72. The number of esters is 1. The number of carbonyl (C=O) groups excluding carboxylic acids is 2. The van der Waals surface area contributed by atoms with Gasteiger partial charge in [-0.1, -0.05) is 48.0 Å². The number of alkyl halides is 3. The van der Waals surface area contributed by atoms with Crippen molar-refractivity contribution < 1.29 is 32.2 Å². The van der Waals surface area contributed by atoms with E-state index >= 15 is 0 Å². The average Bonchev–Trinajstić information content (AvgIpc) is 3.42. The third-order valence-electron chi connectivity index (χ3n) is 6.60. The summed E-state index contributed by atoms with van der Waals surface area (Å²) in [5, 5.41) is 14.7. The van der Waals surface area contributed by atoms with Crippen LogP contribution in [0.25, 0.3) is 22.0 Å². The molecule has 0 aliphatic carbocycles. The second-order valence-electron chi connectivity index (χ2n) is 9.50. The van der Waals surface area contributed by atoms with Crippen LogP contribution in [-0.2, 0) is 6.18 Å². The number of fused-ring (bicyclic) bond motifs is 1. The van der Waals surface area contributed by atoms with Crippen molar-refractivity contribution in [2.75, 3.05) is 6.61 Å². The number of hydrogen-bond acceptors (Lipinski definition) is 6. The lowest BCUT2D eigenvalue weighted by Crippen LogP contribution is -2.19. The number of nitrogens with zero attached hydrogens (tertiary/aromatic N) is 2. The van der Waals surface area contributed by atoms with Crippen LogP contribution in [0, 0.1) is 11.3 Å². The van der Waals surface area contributed by atoms with Crippen LogP contribution >= 0.6 is 11.6 Å². The van der Waals surface area contributed by atoms with Crippen LogP contribution in [0.5, 0.6) is 11.5 Å². The molecule has 1 amide bonds. The molecule has 5 rings (SSSR count). The van der Waals surface area contributed by atoms with Crippen LogP contribution in [0.4, 0.5) is 13.2 Å². The monoisotopic (exact) mass is 630 g/mol. The lowest BCUT2D eigenvalue weighted by atomic mass is 10.0. The van der Waals surface area contributed by atoms with Gasteiger partial charge >= 0.3 is 12.1 Å². The molecule has 1 aromatic heterocycles. The Morgan fingerprint density at radius 1 is 1.02 bits per heavy atom. The largest absolute Gasteiger partial charge is 0.490 e. The van der Waals surface area contributed by atoms with E-state index in [1.807, 2.05) is 0 Å². The number of hydrazone groups is 1. The van der Waals surface area contributed by atoms with Crippen molar-refractivity contribution in [3.8, 4) is 28.7 Å². The van der Waals surface area contributed by atoms with Crippen molar-refractivity contribution in [2.45, 2.75) is 13.1 Å². The first-order valence-corrected chi connectivity index (χ1v) is 13.8. The Kier molecular flexibility index (Phi) is 8.88. The standard InChI is InChI=1S/C33H22ClF3N4O4/c1-2-44-27-15-19(13-14-26(27)45-32(43)20-7-5-9-22(16-20)33(35,36)37)18-39-41-31(42)30-28(23-10-3-4-12-25(23)34)24-11-6-8-21(17-38)29(24)40-30/h3-16,18,40H,2H2,1H3,(H,41,42). The Hall–Kier alpha value is -5.60. The number of aromatic nitrogens is 1. The van der Waals surface area contributed by atoms with Crippen LogP contribution in [0.2, 0.25) is 5.02 Å². The number of carbonyl (C=O) groups is 2. The van der Waals surface area contributed by atoms with Gasteiger partial charge in [-0.3, -0.25) is 4.79 Å². The van der Waals surface area contributed by atoms with Crippen LogP contribution in [-0.4, -0.2) is 29.7 Å². The zero-order valence-electron chi connectivity index (χ0n) is 23.4. The van der Waals surface area contributed by atoms with E-state index in [9.17, 15) is 28.0 Å². The van der Waals surface area contributed by atoms with Gasteiger partial charge in [0.25, 0.3) is 5.91 Å². The Labute approximate surface area is 259 Å². The maximum absolute atomic E-state index is 13.3. The summed E-state index contributed by atoms with van der Waals surface area (Å²) in [6, 6.07) is 22.5. The van der Waals surface area contributed by atoms with E-state index in [0.717, 1.165) is 12.1 Å². The maximum Gasteiger partial charge on any atom is 0.416 e. The maximum atomic E-state index is 13.3. The Morgan fingerprint density at radius 3 is 2.53 bits per heavy atom. The first-order valence-electron chi connectivity index (χ1n) is 13.4. The molecule has 226 valence electrons. The van der Waals surface area contributed by atoms with Gasteiger partial charge in [-0.15, -0.1) is 0 Å². The second-order valence-corrected chi connectivity index (χ2v) is 9.91. The molecule has 45 heavy (non-hydrogen) atoms. The smallest absolute Gasteiger partial charge is 0.416 e. The summed E-state index contributed by atoms with van der Waals surface area (Å²) in [4.78, 5) is 29.0. The van der Waals surface area contributed by atoms with Gasteiger partial charge in [0, 0.05) is 21.5 Å². The highest BCUT2D eigenvalue weighted by Crippen LogP contribution is 2.38. The number of nitriles is 1. The molecular formula is C33H22ClF3N4O4. The van der Waals surface area contributed by atoms with E-state index in [-0.39, 0.29) is 29.4 Å². The lowest BCUT2D eigenvalue weighted by molar-refractivity contribution is -0.137. The number of ether oxygens (including phenoxy) is 2. The first-order chi connectivity index (χ1) is 21.6. The number of halogens is 4. The van der Waals surface area contributed by atoms with Gasteiger partial charge in [0.05, 0.1) is 35.0 Å². The molecule has 8 nitrogen and oxygen atoms in total. The van der Waals surface area contributed by atoms with Crippen molar-refractivity contribution in [3.05, 3.63) is 118 Å². The number of H-pyrrole nitrogens is 1. The van der Waals surface area contributed by atoms with Gasteiger partial charge in [-0.2, -0.15) is 23.5 Å². The van der Waals surface area contributed by atoms with E-state index in [4.69, 9.17) is 21.1 Å². The van der Waals surface area contributed by atoms with Crippen LogP contribution < -0.4 is 14.9 Å². The normalized spacial score (nSPS) is 11.4. The molecule has 0 unspecified atom stereocenters. The highest BCUT2D eigenvalue weighted by molar-refractivity contribution is 6.34. The highest BCUT2D eigenvalue weighted by atomic mass is 35.5. The van der Waals surface area contributed by atoms with Gasteiger partial charge < -0.3 is 14.5 Å². The lowest BCUT2D eigenvalue weighted by Gasteiger charge is -2.12. The van der Waals surface area contributed by atoms with Crippen molar-refractivity contribution >= 4 is 40.6 Å². The van der Waals surface area contributed by atoms with E-state index in [2.05, 4.69) is 21.6 Å². The predicted molar refractivity (Wildman–Crippen MR) is 163 cm³/mol.